The molecule has 2 rings (SSSR count). The zero-order valence-corrected chi connectivity index (χ0v) is 14.0. The lowest BCUT2D eigenvalue weighted by Crippen LogP contribution is -2.20. The molecule has 0 amide bonds. The average Bonchev–Trinajstić information content (AvgIpc) is 3.02. The predicted octanol–water partition coefficient (Wildman–Crippen LogP) is 3.20. The van der Waals surface area contributed by atoms with Crippen LogP contribution in [0.4, 0.5) is 16.5 Å². The van der Waals surface area contributed by atoms with Gasteiger partial charge in [0.1, 0.15) is 0 Å². The first-order chi connectivity index (χ1) is 10.9. The Hall–Kier alpha value is -1.88. The zero-order chi connectivity index (χ0) is 16.7. The summed E-state index contributed by atoms with van der Waals surface area (Å²) in [5.41, 5.74) is 1.66. The largest absolute Gasteiger partial charge is 0.397 e. The maximum atomic E-state index is 10.4. The summed E-state index contributed by atoms with van der Waals surface area (Å²) in [6.45, 7) is 0.513. The fraction of sp³-hybridized carbons (Fsp3) is 0.308. The fourth-order valence-corrected chi connectivity index (χ4v) is 2.52. The van der Waals surface area contributed by atoms with Crippen molar-refractivity contribution in [2.24, 2.45) is 10.2 Å². The molecule has 0 radical (unpaired) electrons. The van der Waals surface area contributed by atoms with Crippen molar-refractivity contribution in [3.05, 3.63) is 35.8 Å². The number of hydrogen-bond donors (Lipinski definition) is 1. The monoisotopic (exact) mass is 356 g/mol. The number of benzene rings is 1. The Labute approximate surface area is 138 Å². The summed E-state index contributed by atoms with van der Waals surface area (Å²) in [4.78, 5) is 5.95. The zero-order valence-electron chi connectivity index (χ0n) is 12.4. The molecule has 2 aromatic rings. The van der Waals surface area contributed by atoms with E-state index in [9.17, 15) is 8.42 Å². The lowest BCUT2D eigenvalue weighted by molar-refractivity contribution is 0.266. The molecule has 0 spiro atoms. The second-order valence-corrected chi connectivity index (χ2v) is 6.52. The summed E-state index contributed by atoms with van der Waals surface area (Å²) in [5.74, 6) is 0. The Balaban J connectivity index is 1.83. The molecule has 8 nitrogen and oxygen atoms in total. The van der Waals surface area contributed by atoms with Crippen LogP contribution < -0.4 is 4.90 Å². The topological polar surface area (TPSA) is 104 Å². The summed E-state index contributed by atoms with van der Waals surface area (Å²) in [6.07, 6.45) is 2.13. The van der Waals surface area contributed by atoms with Crippen LogP contribution in [0.15, 0.2) is 46.1 Å². The quantitative estimate of drug-likeness (QED) is 0.442. The smallest absolute Gasteiger partial charge is 0.375 e. The molecule has 0 aliphatic rings. The van der Waals surface area contributed by atoms with Crippen molar-refractivity contribution in [3.63, 3.8) is 0 Å². The van der Waals surface area contributed by atoms with Gasteiger partial charge in [0.15, 0.2) is 0 Å². The van der Waals surface area contributed by atoms with Gasteiger partial charge in [0.2, 0.25) is 5.13 Å². The van der Waals surface area contributed by atoms with Gasteiger partial charge in [-0.1, -0.05) is 0 Å². The third kappa shape index (κ3) is 6.40. The third-order valence-electron chi connectivity index (χ3n) is 2.83. The minimum absolute atomic E-state index is 0.0662. The Morgan fingerprint density at radius 3 is 2.65 bits per heavy atom. The molecule has 0 aliphatic carbocycles. The van der Waals surface area contributed by atoms with Crippen molar-refractivity contribution in [2.75, 3.05) is 25.1 Å². The highest BCUT2D eigenvalue weighted by Crippen LogP contribution is 2.22. The maximum absolute atomic E-state index is 10.4. The van der Waals surface area contributed by atoms with Crippen molar-refractivity contribution in [2.45, 2.75) is 6.42 Å². The second kappa shape index (κ2) is 8.11. The molecule has 23 heavy (non-hydrogen) atoms. The number of hydrogen-bond acceptors (Lipinski definition) is 8. The van der Waals surface area contributed by atoms with Crippen LogP contribution in [0.25, 0.3) is 0 Å². The molecule has 1 aromatic carbocycles. The van der Waals surface area contributed by atoms with Gasteiger partial charge in [-0.15, -0.1) is 21.6 Å². The lowest BCUT2D eigenvalue weighted by atomic mass is 10.2. The van der Waals surface area contributed by atoms with E-state index in [0.717, 1.165) is 5.69 Å². The molecule has 0 bridgehead atoms. The van der Waals surface area contributed by atoms with E-state index in [0.29, 0.717) is 23.8 Å². The molecule has 1 aromatic heterocycles. The Kier molecular flexibility index (Phi) is 6.16. The van der Waals surface area contributed by atoms with Crippen molar-refractivity contribution in [3.8, 4) is 0 Å². The van der Waals surface area contributed by atoms with E-state index < -0.39 is 10.4 Å². The highest BCUT2D eigenvalue weighted by molar-refractivity contribution is 7.80. The molecule has 124 valence electrons. The van der Waals surface area contributed by atoms with Crippen LogP contribution in [-0.2, 0) is 14.6 Å². The van der Waals surface area contributed by atoms with Crippen LogP contribution in [0.3, 0.4) is 0 Å². The molecule has 0 atom stereocenters. The van der Waals surface area contributed by atoms with E-state index in [4.69, 9.17) is 4.55 Å². The van der Waals surface area contributed by atoms with Crippen LogP contribution >= 0.6 is 11.3 Å². The summed E-state index contributed by atoms with van der Waals surface area (Å²) >= 11 is 1.41. The van der Waals surface area contributed by atoms with Gasteiger partial charge in [0, 0.05) is 30.9 Å². The summed E-state index contributed by atoms with van der Waals surface area (Å²) in [6, 6.07) is 7.44. The van der Waals surface area contributed by atoms with Gasteiger partial charge in [-0.3, -0.25) is 4.55 Å². The van der Waals surface area contributed by atoms with Gasteiger partial charge in [-0.2, -0.15) is 8.42 Å². The molecule has 0 aliphatic heterocycles. The van der Waals surface area contributed by atoms with Crippen molar-refractivity contribution >= 4 is 38.2 Å². The first-order valence-corrected chi connectivity index (χ1v) is 8.93. The minimum Gasteiger partial charge on any atom is -0.375 e. The first kappa shape index (κ1) is 17.5. The van der Waals surface area contributed by atoms with Gasteiger partial charge in [0.05, 0.1) is 12.3 Å². The van der Waals surface area contributed by atoms with E-state index in [-0.39, 0.29) is 6.61 Å². The average molecular weight is 356 g/mol. The number of aromatic nitrogens is 1. The van der Waals surface area contributed by atoms with Gasteiger partial charge < -0.3 is 4.90 Å². The highest BCUT2D eigenvalue weighted by atomic mass is 32.3. The molecular formula is C13H16N4O4S2. The number of azo groups is 1. The van der Waals surface area contributed by atoms with Gasteiger partial charge in [-0.25, -0.2) is 9.17 Å². The SMILES string of the molecule is CN(CCCOS(=O)(=O)O)c1ccc(/N=N/c2nccs2)cc1. The fourth-order valence-electron chi connectivity index (χ4n) is 1.73. The van der Waals surface area contributed by atoms with Gasteiger partial charge >= 0.3 is 10.4 Å². The standard InChI is InChI=1S/C13H16N4O4S2/c1-17(8-2-9-21-23(18,19)20)12-5-3-11(4-6-12)15-16-13-14-7-10-22-13/h3-7,10H,2,8-9H2,1H3,(H,18,19,20)/b16-15+. The third-order valence-corrected chi connectivity index (χ3v) is 3.95. The Morgan fingerprint density at radius 2 is 2.04 bits per heavy atom. The van der Waals surface area contributed by atoms with Crippen molar-refractivity contribution in [1.82, 2.24) is 4.98 Å². The second-order valence-electron chi connectivity index (χ2n) is 4.56. The Bertz CT molecular complexity index is 730. The number of nitrogens with zero attached hydrogens (tertiary/aromatic N) is 4. The van der Waals surface area contributed by atoms with Crippen LogP contribution in [0.5, 0.6) is 0 Å². The van der Waals surface area contributed by atoms with E-state index >= 15 is 0 Å². The van der Waals surface area contributed by atoms with Gasteiger partial charge in [0.25, 0.3) is 0 Å². The minimum atomic E-state index is -4.36. The van der Waals surface area contributed by atoms with Crippen LogP contribution in [0, 0.1) is 0 Å². The molecular weight excluding hydrogens is 340 g/mol. The number of anilines is 1. The number of rotatable bonds is 8. The van der Waals surface area contributed by atoms with Crippen molar-refractivity contribution < 1.29 is 17.2 Å². The van der Waals surface area contributed by atoms with E-state index in [2.05, 4.69) is 19.4 Å². The number of thiazole rings is 1. The van der Waals surface area contributed by atoms with Crippen LogP contribution in [0.1, 0.15) is 6.42 Å². The predicted molar refractivity (Wildman–Crippen MR) is 88.1 cm³/mol. The maximum Gasteiger partial charge on any atom is 0.397 e. The molecule has 1 N–H and O–H groups in total. The van der Waals surface area contributed by atoms with Crippen molar-refractivity contribution in [1.29, 1.82) is 0 Å². The summed E-state index contributed by atoms with van der Waals surface area (Å²) < 4.78 is 33.6. The summed E-state index contributed by atoms with van der Waals surface area (Å²) in [7, 11) is -2.49. The van der Waals surface area contributed by atoms with Crippen LogP contribution in [-0.4, -0.2) is 38.2 Å². The van der Waals surface area contributed by atoms with Crippen LogP contribution in [0.2, 0.25) is 0 Å². The Morgan fingerprint density at radius 1 is 1.30 bits per heavy atom. The molecule has 0 unspecified atom stereocenters. The van der Waals surface area contributed by atoms with E-state index in [1.807, 2.05) is 41.6 Å². The lowest BCUT2D eigenvalue weighted by Gasteiger charge is -2.18. The highest BCUT2D eigenvalue weighted by Gasteiger charge is 2.05. The van der Waals surface area contributed by atoms with E-state index in [1.165, 1.54) is 11.3 Å². The first-order valence-electron chi connectivity index (χ1n) is 6.68. The molecule has 10 heteroatoms. The molecule has 0 fully saturated rings. The molecule has 0 saturated heterocycles. The normalized spacial score (nSPS) is 11.9. The van der Waals surface area contributed by atoms with E-state index in [1.54, 1.807) is 6.20 Å². The van der Waals surface area contributed by atoms with Gasteiger partial charge in [-0.05, 0) is 30.7 Å². The molecule has 0 saturated carbocycles. The summed E-state index contributed by atoms with van der Waals surface area (Å²) in [5, 5.41) is 10.5. The molecule has 1 heterocycles.